The average Bonchev–Trinajstić information content (AvgIpc) is 2.44. The van der Waals surface area contributed by atoms with Crippen molar-refractivity contribution in [1.29, 1.82) is 0 Å². The van der Waals surface area contributed by atoms with E-state index >= 15 is 0 Å². The summed E-state index contributed by atoms with van der Waals surface area (Å²) in [6.45, 7) is 2.25. The van der Waals surface area contributed by atoms with Crippen LogP contribution in [0.4, 0.5) is 0 Å². The van der Waals surface area contributed by atoms with E-state index in [1.165, 1.54) is 11.1 Å². The Morgan fingerprint density at radius 3 is 2.11 bits per heavy atom. The normalized spacial score (nSPS) is 17.9. The van der Waals surface area contributed by atoms with Crippen molar-refractivity contribution in [2.24, 2.45) is 0 Å². The van der Waals surface area contributed by atoms with Crippen LogP contribution in [0, 0.1) is 0 Å². The zero-order valence-electron chi connectivity index (χ0n) is 10.9. The molecule has 2 nitrogen and oxygen atoms in total. The first-order chi connectivity index (χ1) is 9.38. The van der Waals surface area contributed by atoms with Gasteiger partial charge in [-0.25, -0.2) is 0 Å². The summed E-state index contributed by atoms with van der Waals surface area (Å²) in [7, 11) is 0. The number of hydrogen-bond donors (Lipinski definition) is 1. The van der Waals surface area contributed by atoms with Crippen molar-refractivity contribution < 1.29 is 5.11 Å². The van der Waals surface area contributed by atoms with Gasteiger partial charge in [0.15, 0.2) is 0 Å². The molecular formula is C17H19NO. The lowest BCUT2D eigenvalue weighted by atomic mass is 9.89. The molecule has 1 N–H and O–H groups in total. The van der Waals surface area contributed by atoms with Gasteiger partial charge in [0.25, 0.3) is 0 Å². The van der Waals surface area contributed by atoms with E-state index in [1.54, 1.807) is 0 Å². The van der Waals surface area contributed by atoms with Crippen LogP contribution in [0.15, 0.2) is 60.7 Å². The number of benzene rings is 2. The average molecular weight is 253 g/mol. The topological polar surface area (TPSA) is 23.5 Å². The van der Waals surface area contributed by atoms with Gasteiger partial charge in [0.1, 0.15) is 0 Å². The van der Waals surface area contributed by atoms with E-state index in [0.29, 0.717) is 5.92 Å². The first-order valence-electron chi connectivity index (χ1n) is 6.83. The van der Waals surface area contributed by atoms with Gasteiger partial charge < -0.3 is 5.11 Å². The van der Waals surface area contributed by atoms with E-state index in [1.807, 2.05) is 18.2 Å². The molecule has 1 aliphatic heterocycles. The second-order valence-corrected chi connectivity index (χ2v) is 5.17. The van der Waals surface area contributed by atoms with Crippen LogP contribution in [-0.2, 0) is 0 Å². The van der Waals surface area contributed by atoms with Crippen LogP contribution in [-0.4, -0.2) is 29.7 Å². The predicted molar refractivity (Wildman–Crippen MR) is 77.0 cm³/mol. The van der Waals surface area contributed by atoms with Crippen molar-refractivity contribution in [3.63, 3.8) is 0 Å². The summed E-state index contributed by atoms with van der Waals surface area (Å²) >= 11 is 0. The molecule has 2 heteroatoms. The zero-order chi connectivity index (χ0) is 13.1. The second kappa shape index (κ2) is 5.55. The van der Waals surface area contributed by atoms with Gasteiger partial charge in [-0.2, -0.15) is 0 Å². The molecule has 98 valence electrons. The van der Waals surface area contributed by atoms with Crippen LogP contribution in [0.25, 0.3) is 0 Å². The quantitative estimate of drug-likeness (QED) is 0.905. The Morgan fingerprint density at radius 1 is 0.947 bits per heavy atom. The van der Waals surface area contributed by atoms with Gasteiger partial charge in [0.05, 0.1) is 12.6 Å². The first-order valence-corrected chi connectivity index (χ1v) is 6.83. The summed E-state index contributed by atoms with van der Waals surface area (Å²) in [5, 5.41) is 9.63. The van der Waals surface area contributed by atoms with E-state index in [9.17, 15) is 5.11 Å². The zero-order valence-corrected chi connectivity index (χ0v) is 10.9. The third-order valence-electron chi connectivity index (χ3n) is 3.98. The minimum atomic E-state index is 0.140. The van der Waals surface area contributed by atoms with Gasteiger partial charge in [0.2, 0.25) is 0 Å². The number of likely N-dealkylation sites (tertiary alicyclic amines) is 1. The molecule has 1 saturated heterocycles. The van der Waals surface area contributed by atoms with Crippen LogP contribution < -0.4 is 0 Å². The number of aliphatic hydroxyl groups is 1. The van der Waals surface area contributed by atoms with E-state index in [4.69, 9.17) is 0 Å². The minimum absolute atomic E-state index is 0.140. The highest BCUT2D eigenvalue weighted by atomic mass is 16.3. The Morgan fingerprint density at radius 2 is 1.53 bits per heavy atom. The molecule has 0 spiro atoms. The molecule has 1 fully saturated rings. The molecule has 0 bridgehead atoms. The van der Waals surface area contributed by atoms with Gasteiger partial charge in [-0.15, -0.1) is 0 Å². The fourth-order valence-corrected chi connectivity index (χ4v) is 2.81. The van der Waals surface area contributed by atoms with E-state index in [-0.39, 0.29) is 12.6 Å². The molecule has 2 aromatic carbocycles. The smallest absolute Gasteiger partial charge is 0.0628 e. The lowest BCUT2D eigenvalue weighted by Crippen LogP contribution is -2.47. The third kappa shape index (κ3) is 2.55. The maximum Gasteiger partial charge on any atom is 0.0628 e. The Kier molecular flexibility index (Phi) is 3.62. The molecule has 3 rings (SSSR count). The molecule has 19 heavy (non-hydrogen) atoms. The summed E-state index contributed by atoms with van der Waals surface area (Å²) in [6.07, 6.45) is 0. The largest absolute Gasteiger partial charge is 0.394 e. The molecule has 1 atom stereocenters. The van der Waals surface area contributed by atoms with Gasteiger partial charge in [-0.1, -0.05) is 60.7 Å². The molecule has 1 aliphatic rings. The SMILES string of the molecule is OCC(c1ccccc1)N1CC(c2ccccc2)C1. The Labute approximate surface area is 114 Å². The van der Waals surface area contributed by atoms with Gasteiger partial charge in [-0.05, 0) is 11.1 Å². The van der Waals surface area contributed by atoms with E-state index < -0.39 is 0 Å². The highest BCUT2D eigenvalue weighted by molar-refractivity contribution is 5.25. The van der Waals surface area contributed by atoms with Gasteiger partial charge >= 0.3 is 0 Å². The molecule has 0 aromatic heterocycles. The highest BCUT2D eigenvalue weighted by Crippen LogP contribution is 2.33. The molecule has 0 amide bonds. The second-order valence-electron chi connectivity index (χ2n) is 5.17. The molecular weight excluding hydrogens is 234 g/mol. The fraction of sp³-hybridized carbons (Fsp3) is 0.294. The van der Waals surface area contributed by atoms with Crippen LogP contribution in [0.2, 0.25) is 0 Å². The van der Waals surface area contributed by atoms with Crippen LogP contribution >= 0.6 is 0 Å². The summed E-state index contributed by atoms with van der Waals surface area (Å²) in [4.78, 5) is 2.35. The summed E-state index contributed by atoms with van der Waals surface area (Å²) in [6, 6.07) is 21.0. The Hall–Kier alpha value is -1.64. The number of aliphatic hydroxyl groups excluding tert-OH is 1. The van der Waals surface area contributed by atoms with Crippen LogP contribution in [0.3, 0.4) is 0 Å². The van der Waals surface area contributed by atoms with Gasteiger partial charge in [0, 0.05) is 19.0 Å². The number of nitrogens with zero attached hydrogens (tertiary/aromatic N) is 1. The van der Waals surface area contributed by atoms with Crippen LogP contribution in [0.1, 0.15) is 23.1 Å². The van der Waals surface area contributed by atoms with Crippen molar-refractivity contribution in [2.45, 2.75) is 12.0 Å². The molecule has 0 radical (unpaired) electrons. The Bertz CT molecular complexity index is 505. The fourth-order valence-electron chi connectivity index (χ4n) is 2.81. The van der Waals surface area contributed by atoms with E-state index in [0.717, 1.165) is 13.1 Å². The lowest BCUT2D eigenvalue weighted by molar-refractivity contribution is 0.0527. The van der Waals surface area contributed by atoms with Crippen molar-refractivity contribution in [2.75, 3.05) is 19.7 Å². The van der Waals surface area contributed by atoms with Crippen molar-refractivity contribution >= 4 is 0 Å². The monoisotopic (exact) mass is 253 g/mol. The molecule has 2 aromatic rings. The number of hydrogen-bond acceptors (Lipinski definition) is 2. The standard InChI is InChI=1S/C17H19NO/c19-13-17(15-9-5-2-6-10-15)18-11-16(12-18)14-7-3-1-4-8-14/h1-10,16-17,19H,11-13H2. The van der Waals surface area contributed by atoms with Crippen molar-refractivity contribution in [3.8, 4) is 0 Å². The summed E-state index contributed by atoms with van der Waals surface area (Å²) < 4.78 is 0. The van der Waals surface area contributed by atoms with Crippen molar-refractivity contribution in [3.05, 3.63) is 71.8 Å². The predicted octanol–water partition coefficient (Wildman–Crippen LogP) is 2.82. The molecule has 1 unspecified atom stereocenters. The minimum Gasteiger partial charge on any atom is -0.394 e. The first kappa shape index (κ1) is 12.4. The lowest BCUT2D eigenvalue weighted by Gasteiger charge is -2.44. The number of rotatable bonds is 4. The summed E-state index contributed by atoms with van der Waals surface area (Å²) in [5.74, 6) is 0.610. The third-order valence-corrected chi connectivity index (χ3v) is 3.98. The molecule has 0 aliphatic carbocycles. The Balaban J connectivity index is 1.66. The maximum atomic E-state index is 9.63. The summed E-state index contributed by atoms with van der Waals surface area (Å²) in [5.41, 5.74) is 2.61. The van der Waals surface area contributed by atoms with Gasteiger partial charge in [-0.3, -0.25) is 4.90 Å². The maximum absolute atomic E-state index is 9.63. The van der Waals surface area contributed by atoms with E-state index in [2.05, 4.69) is 47.4 Å². The highest BCUT2D eigenvalue weighted by Gasteiger charge is 2.33. The molecule has 0 saturated carbocycles. The van der Waals surface area contributed by atoms with Crippen molar-refractivity contribution in [1.82, 2.24) is 4.90 Å². The van der Waals surface area contributed by atoms with Crippen LogP contribution in [0.5, 0.6) is 0 Å². The molecule has 1 heterocycles.